The van der Waals surface area contributed by atoms with Crippen LogP contribution in [0.4, 0.5) is 0 Å². The molecular formula is C32H56N2O7. The van der Waals surface area contributed by atoms with E-state index in [4.69, 9.17) is 24.7 Å². The molecule has 9 nitrogen and oxygen atoms in total. The van der Waals surface area contributed by atoms with Crippen molar-refractivity contribution in [3.8, 4) is 11.5 Å². The molecule has 4 atom stereocenters. The summed E-state index contributed by atoms with van der Waals surface area (Å²) in [4.78, 5) is 24.0. The SMILES string of the molecule is CCCCNC(=O)[C@H](C)C[C@H](O)[C@@H](N)C[C@H](Cc1ccc(OCCCC(=O)OCC)c(OCCCOC)c1)C(C)C. The van der Waals surface area contributed by atoms with Gasteiger partial charge in [-0.3, -0.25) is 9.59 Å². The number of rotatable bonds is 23. The maximum atomic E-state index is 12.3. The number of amides is 1. The van der Waals surface area contributed by atoms with Gasteiger partial charge in [-0.05, 0) is 68.6 Å². The summed E-state index contributed by atoms with van der Waals surface area (Å²) in [6.45, 7) is 12.5. The normalized spacial score (nSPS) is 14.3. The molecule has 9 heteroatoms. The molecule has 1 amide bonds. The largest absolute Gasteiger partial charge is 0.490 e. The van der Waals surface area contributed by atoms with Gasteiger partial charge in [0.15, 0.2) is 11.5 Å². The van der Waals surface area contributed by atoms with Gasteiger partial charge < -0.3 is 35.1 Å². The molecule has 0 aliphatic rings. The molecular weight excluding hydrogens is 524 g/mol. The first-order chi connectivity index (χ1) is 19.6. The Morgan fingerprint density at radius 2 is 1.68 bits per heavy atom. The molecule has 0 heterocycles. The molecule has 0 spiro atoms. The van der Waals surface area contributed by atoms with Crippen LogP contribution < -0.4 is 20.5 Å². The van der Waals surface area contributed by atoms with Crippen LogP contribution in [0.2, 0.25) is 0 Å². The first-order valence-corrected chi connectivity index (χ1v) is 15.4. The van der Waals surface area contributed by atoms with E-state index in [0.717, 1.165) is 31.2 Å². The maximum absolute atomic E-state index is 12.3. The van der Waals surface area contributed by atoms with Crippen LogP contribution >= 0.6 is 0 Å². The number of hydrogen-bond donors (Lipinski definition) is 3. The van der Waals surface area contributed by atoms with E-state index >= 15 is 0 Å². The Morgan fingerprint density at radius 1 is 0.976 bits per heavy atom. The van der Waals surface area contributed by atoms with Crippen LogP contribution in [0, 0.1) is 17.8 Å². The fourth-order valence-corrected chi connectivity index (χ4v) is 4.54. The van der Waals surface area contributed by atoms with Crippen LogP contribution in [-0.4, -0.2) is 69.2 Å². The van der Waals surface area contributed by atoms with E-state index in [0.29, 0.717) is 76.1 Å². The summed E-state index contributed by atoms with van der Waals surface area (Å²) in [5.74, 6) is 1.30. The molecule has 1 aromatic rings. The van der Waals surface area contributed by atoms with Crippen LogP contribution in [0.5, 0.6) is 11.5 Å². The van der Waals surface area contributed by atoms with Crippen molar-refractivity contribution >= 4 is 11.9 Å². The topological polar surface area (TPSA) is 129 Å². The Morgan fingerprint density at radius 3 is 2.34 bits per heavy atom. The van der Waals surface area contributed by atoms with E-state index in [9.17, 15) is 14.7 Å². The number of nitrogens with one attached hydrogen (secondary N) is 1. The minimum absolute atomic E-state index is 0.0358. The van der Waals surface area contributed by atoms with Crippen molar-refractivity contribution in [1.29, 1.82) is 0 Å². The summed E-state index contributed by atoms with van der Waals surface area (Å²) >= 11 is 0. The molecule has 0 saturated carbocycles. The van der Waals surface area contributed by atoms with Crippen molar-refractivity contribution in [1.82, 2.24) is 5.32 Å². The predicted octanol–water partition coefficient (Wildman–Crippen LogP) is 4.66. The summed E-state index contributed by atoms with van der Waals surface area (Å²) in [5.41, 5.74) is 7.56. The Bertz CT molecular complexity index is 864. The Labute approximate surface area is 247 Å². The van der Waals surface area contributed by atoms with Gasteiger partial charge in [0.05, 0.1) is 25.9 Å². The third-order valence-corrected chi connectivity index (χ3v) is 7.23. The molecule has 0 radical (unpaired) electrons. The molecule has 0 aromatic heterocycles. The fraction of sp³-hybridized carbons (Fsp3) is 0.750. The highest BCUT2D eigenvalue weighted by Crippen LogP contribution is 2.32. The minimum Gasteiger partial charge on any atom is -0.490 e. The first kappa shape index (κ1) is 36.7. The third-order valence-electron chi connectivity index (χ3n) is 7.23. The lowest BCUT2D eigenvalue weighted by Gasteiger charge is -2.28. The van der Waals surface area contributed by atoms with E-state index in [1.54, 1.807) is 14.0 Å². The monoisotopic (exact) mass is 580 g/mol. The minimum atomic E-state index is -0.756. The number of ether oxygens (including phenoxy) is 4. The predicted molar refractivity (Wildman–Crippen MR) is 162 cm³/mol. The number of nitrogens with two attached hydrogens (primary N) is 1. The molecule has 0 bridgehead atoms. The van der Waals surface area contributed by atoms with Crippen LogP contribution in [0.1, 0.15) is 85.1 Å². The highest BCUT2D eigenvalue weighted by molar-refractivity contribution is 5.78. The Hall–Kier alpha value is -2.36. The average Bonchev–Trinajstić information content (AvgIpc) is 2.93. The lowest BCUT2D eigenvalue weighted by molar-refractivity contribution is -0.143. The Balaban J connectivity index is 2.83. The zero-order valence-electron chi connectivity index (χ0n) is 26.3. The van der Waals surface area contributed by atoms with E-state index in [1.807, 2.05) is 25.1 Å². The summed E-state index contributed by atoms with van der Waals surface area (Å²) in [6.07, 6.45) is 4.56. The third kappa shape index (κ3) is 15.4. The van der Waals surface area contributed by atoms with Gasteiger partial charge in [0.1, 0.15) is 0 Å². The van der Waals surface area contributed by atoms with E-state index in [1.165, 1.54) is 0 Å². The fourth-order valence-electron chi connectivity index (χ4n) is 4.54. The van der Waals surface area contributed by atoms with E-state index in [2.05, 4.69) is 26.1 Å². The average molecular weight is 581 g/mol. The van der Waals surface area contributed by atoms with Gasteiger partial charge in [0, 0.05) is 45.1 Å². The van der Waals surface area contributed by atoms with Crippen LogP contribution in [0.25, 0.3) is 0 Å². The number of benzene rings is 1. The first-order valence-electron chi connectivity index (χ1n) is 15.4. The van der Waals surface area contributed by atoms with Crippen molar-refractivity contribution in [3.63, 3.8) is 0 Å². The van der Waals surface area contributed by atoms with Gasteiger partial charge in [-0.15, -0.1) is 0 Å². The molecule has 0 saturated heterocycles. The number of carbonyl (C=O) groups excluding carboxylic acids is 2. The summed E-state index contributed by atoms with van der Waals surface area (Å²) in [5, 5.41) is 13.7. The van der Waals surface area contributed by atoms with Crippen molar-refractivity contribution in [2.75, 3.05) is 40.1 Å². The second-order valence-corrected chi connectivity index (χ2v) is 11.2. The highest BCUT2D eigenvalue weighted by atomic mass is 16.5. The van der Waals surface area contributed by atoms with Gasteiger partial charge in [-0.25, -0.2) is 0 Å². The number of aliphatic hydroxyl groups is 1. The van der Waals surface area contributed by atoms with Gasteiger partial charge >= 0.3 is 5.97 Å². The zero-order valence-corrected chi connectivity index (χ0v) is 26.3. The van der Waals surface area contributed by atoms with Crippen LogP contribution in [0.3, 0.4) is 0 Å². The van der Waals surface area contributed by atoms with Crippen LogP contribution in [-0.2, 0) is 25.5 Å². The van der Waals surface area contributed by atoms with Crippen LogP contribution in [0.15, 0.2) is 18.2 Å². The van der Waals surface area contributed by atoms with Gasteiger partial charge in [-0.1, -0.05) is 40.2 Å². The molecule has 0 aliphatic heterocycles. The summed E-state index contributed by atoms with van der Waals surface area (Å²) < 4.78 is 22.1. The standard InChI is InChI=1S/C32H56N2O7/c1-7-9-15-34-32(37)24(5)19-28(35)27(33)22-26(23(3)4)20-25-13-14-29(30(21-25)41-18-11-16-38-6)40-17-10-12-31(36)39-8-2/h13-14,21,23-24,26-28,35H,7-12,15-20,22,33H2,1-6H3,(H,34,37)/t24-,26+,27+,28+/m1/s1. The zero-order chi connectivity index (χ0) is 30.6. The molecule has 0 aliphatic carbocycles. The quantitative estimate of drug-likeness (QED) is 0.126. The number of unbranched alkanes of at least 4 members (excludes halogenated alkanes) is 1. The van der Waals surface area contributed by atoms with Crippen molar-refractivity contribution in [2.24, 2.45) is 23.5 Å². The molecule has 0 unspecified atom stereocenters. The van der Waals surface area contributed by atoms with Crippen molar-refractivity contribution in [2.45, 2.75) is 98.1 Å². The molecule has 0 fully saturated rings. The summed E-state index contributed by atoms with van der Waals surface area (Å²) in [6, 6.07) is 5.52. The van der Waals surface area contributed by atoms with E-state index in [-0.39, 0.29) is 23.7 Å². The Kier molecular flexibility index (Phi) is 19.1. The number of esters is 1. The van der Waals surface area contributed by atoms with Gasteiger partial charge in [0.25, 0.3) is 0 Å². The van der Waals surface area contributed by atoms with Gasteiger partial charge in [0.2, 0.25) is 5.91 Å². The number of carbonyl (C=O) groups is 2. The number of aliphatic hydroxyl groups excluding tert-OH is 1. The van der Waals surface area contributed by atoms with E-state index < -0.39 is 12.1 Å². The number of hydrogen-bond acceptors (Lipinski definition) is 8. The molecule has 1 rings (SSSR count). The molecule has 1 aromatic carbocycles. The number of methoxy groups -OCH3 is 1. The maximum Gasteiger partial charge on any atom is 0.305 e. The van der Waals surface area contributed by atoms with Crippen molar-refractivity contribution in [3.05, 3.63) is 23.8 Å². The lowest BCUT2D eigenvalue weighted by Crippen LogP contribution is -2.41. The highest BCUT2D eigenvalue weighted by Gasteiger charge is 2.26. The second-order valence-electron chi connectivity index (χ2n) is 11.2. The molecule has 236 valence electrons. The van der Waals surface area contributed by atoms with Gasteiger partial charge in [-0.2, -0.15) is 0 Å². The smallest absolute Gasteiger partial charge is 0.305 e. The van der Waals surface area contributed by atoms with Crippen molar-refractivity contribution < 1.29 is 33.6 Å². The summed E-state index contributed by atoms with van der Waals surface area (Å²) in [7, 11) is 1.66. The molecule has 4 N–H and O–H groups in total. The molecule has 41 heavy (non-hydrogen) atoms. The second kappa shape index (κ2) is 21.4. The lowest BCUT2D eigenvalue weighted by atomic mass is 9.82.